The summed E-state index contributed by atoms with van der Waals surface area (Å²) >= 11 is 0. The van der Waals surface area contributed by atoms with E-state index in [9.17, 15) is 23.5 Å². The Morgan fingerprint density at radius 1 is 1.24 bits per heavy atom. The average Bonchev–Trinajstić information content (AvgIpc) is 3.36. The number of aromatic nitrogens is 2. The van der Waals surface area contributed by atoms with Crippen molar-refractivity contribution in [3.05, 3.63) is 34.9 Å². The fourth-order valence-electron chi connectivity index (χ4n) is 5.39. The zero-order valence-corrected chi connectivity index (χ0v) is 21.3. The van der Waals surface area contributed by atoms with Gasteiger partial charge in [0.1, 0.15) is 5.65 Å². The molecule has 2 atom stereocenters. The molecule has 1 N–H and O–H groups in total. The number of halogens is 2. The minimum Gasteiger partial charge on any atom is -0.481 e. The summed E-state index contributed by atoms with van der Waals surface area (Å²) in [5, 5.41) is 10.1. The summed E-state index contributed by atoms with van der Waals surface area (Å²) in [6, 6.07) is 1.69. The second-order valence-electron chi connectivity index (χ2n) is 10.4. The lowest BCUT2D eigenvalue weighted by molar-refractivity contribution is -0.142. The highest BCUT2D eigenvalue weighted by Gasteiger charge is 2.44. The lowest BCUT2D eigenvalue weighted by atomic mass is 9.82. The molecule has 3 heterocycles. The molecule has 37 heavy (non-hydrogen) atoms. The highest BCUT2D eigenvalue weighted by molar-refractivity contribution is 6.08. The van der Waals surface area contributed by atoms with Crippen LogP contribution < -0.4 is 0 Å². The quantitative estimate of drug-likeness (QED) is 0.291. The van der Waals surface area contributed by atoms with Crippen LogP contribution in [0.1, 0.15) is 67.9 Å². The summed E-state index contributed by atoms with van der Waals surface area (Å²) in [5.41, 5.74) is 2.33. The van der Waals surface area contributed by atoms with E-state index in [0.717, 1.165) is 31.4 Å². The Morgan fingerprint density at radius 2 is 1.97 bits per heavy atom. The van der Waals surface area contributed by atoms with Gasteiger partial charge in [0, 0.05) is 62.6 Å². The Bertz CT molecular complexity index is 1290. The van der Waals surface area contributed by atoms with Crippen molar-refractivity contribution in [2.75, 3.05) is 13.1 Å². The van der Waals surface area contributed by atoms with Crippen LogP contribution in [-0.2, 0) is 18.3 Å². The van der Waals surface area contributed by atoms with Gasteiger partial charge < -0.3 is 14.6 Å². The maximum absolute atomic E-state index is 13.7. The van der Waals surface area contributed by atoms with E-state index in [4.69, 9.17) is 6.57 Å². The highest BCUT2D eigenvalue weighted by Crippen LogP contribution is 2.41. The van der Waals surface area contributed by atoms with E-state index in [1.807, 2.05) is 18.5 Å². The van der Waals surface area contributed by atoms with Crippen molar-refractivity contribution in [1.29, 1.82) is 0 Å². The van der Waals surface area contributed by atoms with Crippen LogP contribution in [0, 0.1) is 36.2 Å². The van der Waals surface area contributed by atoms with Crippen molar-refractivity contribution in [2.45, 2.75) is 64.2 Å². The molecule has 0 radical (unpaired) electrons. The molecule has 1 amide bonds. The van der Waals surface area contributed by atoms with E-state index in [-0.39, 0.29) is 37.1 Å². The number of pyridine rings is 1. The molecule has 0 bridgehead atoms. The van der Waals surface area contributed by atoms with Gasteiger partial charge in [0.05, 0.1) is 18.1 Å². The van der Waals surface area contributed by atoms with Crippen LogP contribution in [-0.4, -0.2) is 50.4 Å². The van der Waals surface area contributed by atoms with Gasteiger partial charge in [-0.2, -0.15) is 0 Å². The van der Waals surface area contributed by atoms with E-state index < -0.39 is 17.8 Å². The van der Waals surface area contributed by atoms with Crippen molar-refractivity contribution < 1.29 is 23.5 Å². The standard InChI is InChI=1S/C28H32F2N4O3/c1-18-16-34(17-22(18)27(36)37)26(35)24-21-12-20(31-2)15-32-25(21)33(3)23(24)11-9-7-5-4-6-8-10-19-13-28(29,30)14-19/h12,15,18-19,22H,4-7,9,11,13-14,16-17H2,1,3H3,(H,36,37)/t18-,22-/m1/s1. The van der Waals surface area contributed by atoms with Gasteiger partial charge in [-0.05, 0) is 31.2 Å². The molecule has 2 aliphatic rings. The number of carboxylic acids is 1. The monoisotopic (exact) mass is 510 g/mol. The minimum absolute atomic E-state index is 0.119. The van der Waals surface area contributed by atoms with E-state index >= 15 is 0 Å². The van der Waals surface area contributed by atoms with Crippen LogP contribution in [0.25, 0.3) is 15.9 Å². The van der Waals surface area contributed by atoms with Crippen molar-refractivity contribution in [3.8, 4) is 11.8 Å². The Labute approximate surface area is 215 Å². The van der Waals surface area contributed by atoms with Crippen LogP contribution in [0.3, 0.4) is 0 Å². The first-order valence-electron chi connectivity index (χ1n) is 12.8. The molecule has 0 spiro atoms. The number of hydrogen-bond acceptors (Lipinski definition) is 3. The van der Waals surface area contributed by atoms with Crippen LogP contribution >= 0.6 is 0 Å². The number of rotatable bonds is 8. The van der Waals surface area contributed by atoms with E-state index in [1.165, 1.54) is 6.20 Å². The van der Waals surface area contributed by atoms with Gasteiger partial charge >= 0.3 is 5.97 Å². The third-order valence-electron chi connectivity index (χ3n) is 7.55. The number of amides is 1. The van der Waals surface area contributed by atoms with Crippen molar-refractivity contribution in [3.63, 3.8) is 0 Å². The SMILES string of the molecule is [C-]#[N+]c1cnc2c(c1)c(C(=O)N1C[C@@H](C)[C@H](C(=O)O)C1)c(CCCCCCC#CC1CC(F)(F)C1)n2C. The van der Waals surface area contributed by atoms with Crippen molar-refractivity contribution >= 4 is 28.6 Å². The van der Waals surface area contributed by atoms with Gasteiger partial charge in [0.2, 0.25) is 5.69 Å². The number of carboxylic acid groups (broad SMARTS) is 1. The lowest BCUT2D eigenvalue weighted by Gasteiger charge is -2.31. The zero-order chi connectivity index (χ0) is 26.7. The first-order valence-corrected chi connectivity index (χ1v) is 12.8. The molecule has 9 heteroatoms. The Hall–Kier alpha value is -3.46. The minimum atomic E-state index is -2.53. The fourth-order valence-corrected chi connectivity index (χ4v) is 5.39. The maximum atomic E-state index is 13.7. The van der Waals surface area contributed by atoms with E-state index in [2.05, 4.69) is 21.7 Å². The van der Waals surface area contributed by atoms with Crippen molar-refractivity contribution in [1.82, 2.24) is 14.5 Å². The van der Waals surface area contributed by atoms with E-state index in [1.54, 1.807) is 11.0 Å². The van der Waals surface area contributed by atoms with Crippen LogP contribution in [0.5, 0.6) is 0 Å². The number of hydrogen-bond donors (Lipinski definition) is 1. The number of aliphatic carboxylic acids is 1. The highest BCUT2D eigenvalue weighted by atomic mass is 19.3. The molecule has 2 aromatic heterocycles. The van der Waals surface area contributed by atoms with Gasteiger partial charge in [-0.3, -0.25) is 9.59 Å². The first-order chi connectivity index (χ1) is 17.6. The van der Waals surface area contributed by atoms with Gasteiger partial charge in [-0.1, -0.05) is 25.7 Å². The zero-order valence-electron chi connectivity index (χ0n) is 21.3. The smallest absolute Gasteiger partial charge is 0.308 e. The number of carbonyl (C=O) groups is 2. The molecule has 1 saturated heterocycles. The fraction of sp³-hybridized carbons (Fsp3) is 0.571. The molecule has 2 fully saturated rings. The van der Waals surface area contributed by atoms with Gasteiger partial charge in [0.15, 0.2) is 0 Å². The molecule has 7 nitrogen and oxygen atoms in total. The van der Waals surface area contributed by atoms with Crippen LogP contribution in [0.2, 0.25) is 0 Å². The second-order valence-corrected chi connectivity index (χ2v) is 10.4. The number of likely N-dealkylation sites (tertiary alicyclic amines) is 1. The summed E-state index contributed by atoms with van der Waals surface area (Å²) in [6.45, 7) is 9.75. The lowest BCUT2D eigenvalue weighted by Crippen LogP contribution is -2.34. The Kier molecular flexibility index (Phi) is 7.82. The predicted octanol–water partition coefficient (Wildman–Crippen LogP) is 5.46. The number of aryl methyl sites for hydroxylation is 1. The number of nitrogens with zero attached hydrogens (tertiary/aromatic N) is 4. The number of alkyl halides is 2. The second kappa shape index (κ2) is 10.9. The molecule has 0 unspecified atom stereocenters. The summed E-state index contributed by atoms with van der Waals surface area (Å²) in [6.07, 6.45) is 6.23. The molecule has 4 rings (SSSR count). The summed E-state index contributed by atoms with van der Waals surface area (Å²) < 4.78 is 27.7. The number of unbranched alkanes of at least 4 members (excludes halogenated alkanes) is 4. The van der Waals surface area contributed by atoms with Gasteiger partial charge in [0.25, 0.3) is 11.8 Å². The number of carbonyl (C=O) groups excluding carboxylic acids is 1. The molecular formula is C28H32F2N4O3. The van der Waals surface area contributed by atoms with E-state index in [0.29, 0.717) is 41.7 Å². The number of fused-ring (bicyclic) bond motifs is 1. The third-order valence-corrected chi connectivity index (χ3v) is 7.55. The Morgan fingerprint density at radius 3 is 2.62 bits per heavy atom. The maximum Gasteiger partial charge on any atom is 0.308 e. The third kappa shape index (κ3) is 5.77. The molecular weight excluding hydrogens is 478 g/mol. The molecule has 1 saturated carbocycles. The average molecular weight is 511 g/mol. The van der Waals surface area contributed by atoms with Gasteiger partial charge in [-0.25, -0.2) is 18.6 Å². The molecule has 1 aliphatic heterocycles. The topological polar surface area (TPSA) is 79.8 Å². The molecule has 196 valence electrons. The van der Waals surface area contributed by atoms with Crippen LogP contribution in [0.4, 0.5) is 14.5 Å². The molecule has 0 aromatic carbocycles. The van der Waals surface area contributed by atoms with Gasteiger partial charge in [-0.15, -0.1) is 5.92 Å². The largest absolute Gasteiger partial charge is 0.481 e. The first kappa shape index (κ1) is 26.6. The summed E-state index contributed by atoms with van der Waals surface area (Å²) in [4.78, 5) is 34.8. The summed E-state index contributed by atoms with van der Waals surface area (Å²) in [5.74, 6) is 1.44. The normalized spacial score (nSPS) is 20.8. The predicted molar refractivity (Wildman–Crippen MR) is 135 cm³/mol. The molecule has 2 aromatic rings. The summed E-state index contributed by atoms with van der Waals surface area (Å²) in [7, 11) is 1.87. The Balaban J connectivity index is 1.42. The van der Waals surface area contributed by atoms with Crippen molar-refractivity contribution in [2.24, 2.45) is 24.8 Å². The molecule has 1 aliphatic carbocycles. The van der Waals surface area contributed by atoms with Crippen LogP contribution in [0.15, 0.2) is 12.3 Å².